The van der Waals surface area contributed by atoms with Gasteiger partial charge in [0.15, 0.2) is 5.96 Å². The molecule has 1 aliphatic heterocycles. The van der Waals surface area contributed by atoms with Crippen molar-refractivity contribution in [1.82, 2.24) is 15.5 Å². The second kappa shape index (κ2) is 7.48. The molecule has 0 bridgehead atoms. The second-order valence-corrected chi connectivity index (χ2v) is 7.68. The lowest BCUT2D eigenvalue weighted by Crippen LogP contribution is -2.47. The summed E-state index contributed by atoms with van der Waals surface area (Å²) in [6, 6.07) is 0. The van der Waals surface area contributed by atoms with Crippen LogP contribution in [0.5, 0.6) is 0 Å². The van der Waals surface area contributed by atoms with E-state index in [1.807, 2.05) is 7.05 Å². The second-order valence-electron chi connectivity index (χ2n) is 7.68. The molecule has 1 aliphatic carbocycles. The quantitative estimate of drug-likeness (QED) is 0.583. The van der Waals surface area contributed by atoms with E-state index in [2.05, 4.69) is 41.4 Å². The molecule has 4 nitrogen and oxygen atoms in total. The van der Waals surface area contributed by atoms with E-state index in [-0.39, 0.29) is 0 Å². The lowest BCUT2D eigenvalue weighted by Gasteiger charge is -2.43. The molecule has 2 fully saturated rings. The minimum Gasteiger partial charge on any atom is -0.356 e. The maximum absolute atomic E-state index is 4.39. The highest BCUT2D eigenvalue weighted by Gasteiger charge is 2.37. The zero-order valence-electron chi connectivity index (χ0n) is 14.4. The van der Waals surface area contributed by atoms with Gasteiger partial charge in [0.1, 0.15) is 0 Å². The van der Waals surface area contributed by atoms with E-state index in [0.717, 1.165) is 30.9 Å². The molecule has 0 aromatic heterocycles. The van der Waals surface area contributed by atoms with Gasteiger partial charge in [0, 0.05) is 26.7 Å². The summed E-state index contributed by atoms with van der Waals surface area (Å²) in [5, 5.41) is 7.10. The molecule has 2 rings (SSSR count). The van der Waals surface area contributed by atoms with Gasteiger partial charge in [-0.2, -0.15) is 0 Å². The Morgan fingerprint density at radius 1 is 1.33 bits per heavy atom. The van der Waals surface area contributed by atoms with Crippen LogP contribution in [0.4, 0.5) is 0 Å². The fraction of sp³-hybridized carbons (Fsp3) is 0.941. The number of likely N-dealkylation sites (tertiary alicyclic amines) is 1. The van der Waals surface area contributed by atoms with Crippen LogP contribution in [-0.2, 0) is 0 Å². The zero-order valence-corrected chi connectivity index (χ0v) is 14.4. The highest BCUT2D eigenvalue weighted by atomic mass is 15.2. The summed E-state index contributed by atoms with van der Waals surface area (Å²) >= 11 is 0. The van der Waals surface area contributed by atoms with Crippen molar-refractivity contribution in [2.45, 2.75) is 46.0 Å². The summed E-state index contributed by atoms with van der Waals surface area (Å²) in [5.74, 6) is 2.54. The largest absolute Gasteiger partial charge is 0.356 e. The lowest BCUT2D eigenvalue weighted by atomic mass is 9.64. The van der Waals surface area contributed by atoms with Crippen LogP contribution in [0.3, 0.4) is 0 Å². The molecule has 0 radical (unpaired) electrons. The minimum atomic E-state index is 0.527. The molecule has 0 amide bonds. The van der Waals surface area contributed by atoms with Crippen LogP contribution in [0.25, 0.3) is 0 Å². The van der Waals surface area contributed by atoms with Crippen LogP contribution in [0.1, 0.15) is 46.0 Å². The molecule has 0 spiro atoms. The molecule has 1 unspecified atom stereocenters. The zero-order chi connectivity index (χ0) is 15.3. The molecule has 1 atom stereocenters. The van der Waals surface area contributed by atoms with Crippen LogP contribution in [0.2, 0.25) is 0 Å². The molecule has 4 heteroatoms. The first kappa shape index (κ1) is 16.6. The molecular formula is C17H34N4. The van der Waals surface area contributed by atoms with Crippen LogP contribution in [-0.4, -0.2) is 51.1 Å². The first-order valence-corrected chi connectivity index (χ1v) is 8.66. The number of guanidine groups is 1. The van der Waals surface area contributed by atoms with Gasteiger partial charge in [-0.25, -0.2) is 0 Å². The van der Waals surface area contributed by atoms with Crippen molar-refractivity contribution in [1.29, 1.82) is 0 Å². The van der Waals surface area contributed by atoms with E-state index in [9.17, 15) is 0 Å². The third kappa shape index (κ3) is 4.87. The SMILES string of the molecule is CN=C(NCC1CCN(C)C1)NCC1(CC(C)C)CCC1. The minimum absolute atomic E-state index is 0.527. The number of hydrogen-bond acceptors (Lipinski definition) is 2. The van der Waals surface area contributed by atoms with Gasteiger partial charge in [0.25, 0.3) is 0 Å². The number of rotatable bonds is 6. The van der Waals surface area contributed by atoms with Gasteiger partial charge in [-0.05, 0) is 56.5 Å². The Bertz CT molecular complexity index is 347. The maximum Gasteiger partial charge on any atom is 0.191 e. The van der Waals surface area contributed by atoms with Crippen molar-refractivity contribution >= 4 is 5.96 Å². The predicted molar refractivity (Wildman–Crippen MR) is 90.7 cm³/mol. The standard InChI is InChI=1S/C17H34N4/c1-14(2)10-17(7-5-8-17)13-20-16(18-3)19-11-15-6-9-21(4)12-15/h14-15H,5-13H2,1-4H3,(H2,18,19,20). The predicted octanol–water partition coefficient (Wildman–Crippen LogP) is 2.32. The molecule has 1 heterocycles. The van der Waals surface area contributed by atoms with Crippen LogP contribution >= 0.6 is 0 Å². The summed E-state index contributed by atoms with van der Waals surface area (Å²) in [6.45, 7) is 9.24. The molecular weight excluding hydrogens is 260 g/mol. The van der Waals surface area contributed by atoms with Gasteiger partial charge in [0.2, 0.25) is 0 Å². The summed E-state index contributed by atoms with van der Waals surface area (Å²) in [7, 11) is 4.09. The van der Waals surface area contributed by atoms with Crippen LogP contribution in [0.15, 0.2) is 4.99 Å². The van der Waals surface area contributed by atoms with E-state index in [4.69, 9.17) is 0 Å². The normalized spacial score (nSPS) is 26.0. The highest BCUT2D eigenvalue weighted by Crippen LogP contribution is 2.45. The van der Waals surface area contributed by atoms with E-state index in [0.29, 0.717) is 5.41 Å². The molecule has 0 aromatic carbocycles. The van der Waals surface area contributed by atoms with Crippen molar-refractivity contribution in [2.75, 3.05) is 40.3 Å². The number of nitrogens with one attached hydrogen (secondary N) is 2. The van der Waals surface area contributed by atoms with Gasteiger partial charge in [-0.3, -0.25) is 4.99 Å². The smallest absolute Gasteiger partial charge is 0.191 e. The first-order chi connectivity index (χ1) is 10.0. The van der Waals surface area contributed by atoms with Crippen molar-refractivity contribution in [2.24, 2.45) is 22.2 Å². The molecule has 2 aliphatic rings. The Morgan fingerprint density at radius 3 is 2.57 bits per heavy atom. The van der Waals surface area contributed by atoms with Gasteiger partial charge in [-0.1, -0.05) is 20.3 Å². The Labute approximate surface area is 130 Å². The van der Waals surface area contributed by atoms with E-state index in [1.165, 1.54) is 45.2 Å². The van der Waals surface area contributed by atoms with E-state index >= 15 is 0 Å². The third-order valence-corrected chi connectivity index (χ3v) is 5.16. The fourth-order valence-electron chi connectivity index (χ4n) is 3.92. The monoisotopic (exact) mass is 294 g/mol. The van der Waals surface area contributed by atoms with Gasteiger partial charge in [-0.15, -0.1) is 0 Å². The third-order valence-electron chi connectivity index (χ3n) is 5.16. The Morgan fingerprint density at radius 2 is 2.10 bits per heavy atom. The number of hydrogen-bond donors (Lipinski definition) is 2. The lowest BCUT2D eigenvalue weighted by molar-refractivity contribution is 0.104. The molecule has 2 N–H and O–H groups in total. The van der Waals surface area contributed by atoms with Gasteiger partial charge >= 0.3 is 0 Å². The van der Waals surface area contributed by atoms with Crippen molar-refractivity contribution in [3.63, 3.8) is 0 Å². The molecule has 1 saturated carbocycles. The maximum atomic E-state index is 4.39. The molecule has 122 valence electrons. The van der Waals surface area contributed by atoms with Gasteiger partial charge in [0.05, 0.1) is 0 Å². The van der Waals surface area contributed by atoms with Crippen LogP contribution in [0, 0.1) is 17.3 Å². The van der Waals surface area contributed by atoms with E-state index < -0.39 is 0 Å². The molecule has 21 heavy (non-hydrogen) atoms. The highest BCUT2D eigenvalue weighted by molar-refractivity contribution is 5.79. The Balaban J connectivity index is 1.72. The summed E-state index contributed by atoms with van der Waals surface area (Å²) < 4.78 is 0. The summed E-state index contributed by atoms with van der Waals surface area (Å²) in [6.07, 6.45) is 6.79. The summed E-state index contributed by atoms with van der Waals surface area (Å²) in [5.41, 5.74) is 0.527. The van der Waals surface area contributed by atoms with Crippen LogP contribution < -0.4 is 10.6 Å². The topological polar surface area (TPSA) is 39.7 Å². The fourth-order valence-corrected chi connectivity index (χ4v) is 3.92. The van der Waals surface area contributed by atoms with Crippen molar-refractivity contribution < 1.29 is 0 Å². The molecule has 0 aromatic rings. The number of aliphatic imine (C=N–C) groups is 1. The Kier molecular flexibility index (Phi) is 5.91. The van der Waals surface area contributed by atoms with Crippen molar-refractivity contribution in [3.8, 4) is 0 Å². The van der Waals surface area contributed by atoms with E-state index in [1.54, 1.807) is 0 Å². The molecule has 1 saturated heterocycles. The van der Waals surface area contributed by atoms with Gasteiger partial charge < -0.3 is 15.5 Å². The number of nitrogens with zero attached hydrogens (tertiary/aromatic N) is 2. The summed E-state index contributed by atoms with van der Waals surface area (Å²) in [4.78, 5) is 6.80. The Hall–Kier alpha value is -0.770. The van der Waals surface area contributed by atoms with Crippen molar-refractivity contribution in [3.05, 3.63) is 0 Å². The average Bonchev–Trinajstić information content (AvgIpc) is 2.81. The first-order valence-electron chi connectivity index (χ1n) is 8.66. The average molecular weight is 294 g/mol.